The van der Waals surface area contributed by atoms with Gasteiger partial charge in [0.15, 0.2) is 11.6 Å². The second kappa shape index (κ2) is 22.9. The van der Waals surface area contributed by atoms with E-state index in [2.05, 4.69) is 35.3 Å². The zero-order valence-corrected chi connectivity index (χ0v) is 37.8. The topological polar surface area (TPSA) is 253 Å². The Morgan fingerprint density at radius 2 is 1.11 bits per heavy atom. The first kappa shape index (κ1) is 50.4. The molecular formula is C38H53Cl5N12O6. The number of hydrogen-bond donors (Lipinski definition) is 7. The lowest BCUT2D eigenvalue weighted by Gasteiger charge is -2.41. The van der Waals surface area contributed by atoms with Crippen LogP contribution in [0.15, 0.2) is 36.4 Å². The second-order valence-corrected chi connectivity index (χ2v) is 17.0. The van der Waals surface area contributed by atoms with Gasteiger partial charge in [0.1, 0.15) is 11.4 Å². The summed E-state index contributed by atoms with van der Waals surface area (Å²) in [7, 11) is 0. The molecule has 2 aliphatic rings. The van der Waals surface area contributed by atoms with E-state index in [1.807, 2.05) is 35.5 Å². The summed E-state index contributed by atoms with van der Waals surface area (Å²) in [5, 5.41) is 66.9. The van der Waals surface area contributed by atoms with Crippen LogP contribution in [0.3, 0.4) is 0 Å². The van der Waals surface area contributed by atoms with Crippen molar-refractivity contribution in [2.75, 3.05) is 100 Å². The van der Waals surface area contributed by atoms with Crippen molar-refractivity contribution in [3.05, 3.63) is 56.5 Å². The number of halogens is 5. The van der Waals surface area contributed by atoms with Crippen molar-refractivity contribution in [3.63, 3.8) is 0 Å². The number of aromatic nitrogens is 6. The number of rotatable bonds is 13. The van der Waals surface area contributed by atoms with Gasteiger partial charge in [0, 0.05) is 63.5 Å². The summed E-state index contributed by atoms with van der Waals surface area (Å²) in [6, 6.07) is 9.76. The molecule has 4 heterocycles. The highest BCUT2D eigenvalue weighted by Gasteiger charge is 2.32. The molecule has 4 aromatic rings. The predicted molar refractivity (Wildman–Crippen MR) is 241 cm³/mol. The molecule has 2 unspecified atom stereocenters. The maximum absolute atomic E-state index is 10.3. The highest BCUT2D eigenvalue weighted by atomic mass is 35.5. The minimum atomic E-state index is -0.818. The van der Waals surface area contributed by atoms with Crippen LogP contribution in [-0.4, -0.2) is 174 Å². The lowest BCUT2D eigenvalue weighted by Crippen LogP contribution is -2.57. The quantitative estimate of drug-likeness (QED) is 0.102. The first-order valence-corrected chi connectivity index (χ1v) is 20.7. The Kier molecular flexibility index (Phi) is 19.0. The number of nitrogen functional groups attached to an aromatic ring is 2. The Morgan fingerprint density at radius 3 is 1.49 bits per heavy atom. The first-order valence-electron chi connectivity index (χ1n) is 19.2. The number of ether oxygens (including phenoxy) is 1. The lowest BCUT2D eigenvalue weighted by molar-refractivity contribution is -0.0573. The van der Waals surface area contributed by atoms with Crippen molar-refractivity contribution in [1.82, 2.24) is 40.2 Å². The van der Waals surface area contributed by atoms with Crippen molar-refractivity contribution in [2.24, 2.45) is 0 Å². The Morgan fingerprint density at radius 1 is 0.689 bits per heavy atom. The van der Waals surface area contributed by atoms with Crippen LogP contribution in [0.2, 0.25) is 20.1 Å². The monoisotopic (exact) mass is 948 g/mol. The van der Waals surface area contributed by atoms with Gasteiger partial charge in [-0.3, -0.25) is 9.80 Å². The molecule has 2 aromatic carbocycles. The summed E-state index contributed by atoms with van der Waals surface area (Å²) in [5.41, 5.74) is 13.7. The maximum Gasteiger partial charge on any atom is 0.247 e. The molecule has 61 heavy (non-hydrogen) atoms. The molecule has 2 fully saturated rings. The van der Waals surface area contributed by atoms with E-state index in [1.54, 1.807) is 36.4 Å². The molecule has 2 aliphatic heterocycles. The molecular weight excluding hydrogens is 898 g/mol. The molecule has 4 atom stereocenters. The fourth-order valence-electron chi connectivity index (χ4n) is 6.72. The van der Waals surface area contributed by atoms with Gasteiger partial charge in [-0.05, 0) is 32.9 Å². The smallest absolute Gasteiger partial charge is 0.247 e. The molecule has 9 N–H and O–H groups in total. The highest BCUT2D eigenvalue weighted by Crippen LogP contribution is 2.36. The third-order valence-electron chi connectivity index (χ3n) is 9.74. The summed E-state index contributed by atoms with van der Waals surface area (Å²) in [6.07, 6.45) is -1.43. The first-order chi connectivity index (χ1) is 28.5. The zero-order chi connectivity index (χ0) is 43.7. The molecule has 23 heteroatoms. The summed E-state index contributed by atoms with van der Waals surface area (Å²) in [4.78, 5) is 16.5. The van der Waals surface area contributed by atoms with Crippen molar-refractivity contribution in [2.45, 2.75) is 50.7 Å². The van der Waals surface area contributed by atoms with Crippen LogP contribution in [0.5, 0.6) is 0 Å². The third kappa shape index (κ3) is 13.4. The summed E-state index contributed by atoms with van der Waals surface area (Å²) in [6.45, 7) is 9.71. The second-order valence-electron chi connectivity index (χ2n) is 15.4. The van der Waals surface area contributed by atoms with Gasteiger partial charge in [-0.1, -0.05) is 70.7 Å². The SMILES string of the molecule is CC(C)(C)OCC(O)CN1CCN(c2nnc(-c3cccc(Cl)c3Cl)c(N)n2)[C@H](CO)C1.Cl.Nc1nc(N2CCN(CC(O)CO)C[C@H]2CO)nnc1-c1cccc(Cl)c1Cl. The number of benzene rings is 2. The predicted octanol–water partition coefficient (Wildman–Crippen LogP) is 2.77. The van der Waals surface area contributed by atoms with Crippen molar-refractivity contribution < 1.29 is 30.3 Å². The number of anilines is 4. The average molecular weight is 951 g/mol. The van der Waals surface area contributed by atoms with Crippen LogP contribution in [-0.2, 0) is 4.74 Å². The van der Waals surface area contributed by atoms with Crippen LogP contribution >= 0.6 is 58.8 Å². The van der Waals surface area contributed by atoms with E-state index in [1.165, 1.54) is 0 Å². The van der Waals surface area contributed by atoms with E-state index in [-0.39, 0.29) is 68.2 Å². The van der Waals surface area contributed by atoms with Gasteiger partial charge >= 0.3 is 0 Å². The molecule has 0 amide bonds. The minimum Gasteiger partial charge on any atom is -0.394 e. The summed E-state index contributed by atoms with van der Waals surface area (Å²) >= 11 is 24.7. The van der Waals surface area contributed by atoms with Crippen LogP contribution in [0.4, 0.5) is 23.5 Å². The Hall–Kier alpha value is -3.21. The lowest BCUT2D eigenvalue weighted by atomic mass is 10.1. The Balaban J connectivity index is 0.000000266. The number of nitrogens with zero attached hydrogens (tertiary/aromatic N) is 10. The molecule has 2 aromatic heterocycles. The average Bonchev–Trinajstić information content (AvgIpc) is 3.22. The van der Waals surface area contributed by atoms with E-state index in [9.17, 15) is 20.4 Å². The van der Waals surface area contributed by atoms with E-state index < -0.39 is 12.2 Å². The number of β-amino-alcohol motifs (C(OH)–C–C–N with tert-alkyl or cyclic N) is 2. The number of piperazine rings is 2. The fourth-order valence-corrected chi connectivity index (χ4v) is 7.50. The van der Waals surface area contributed by atoms with Gasteiger partial charge in [-0.15, -0.1) is 32.8 Å². The van der Waals surface area contributed by atoms with E-state index in [4.69, 9.17) is 67.7 Å². The van der Waals surface area contributed by atoms with Crippen LogP contribution in [0, 0.1) is 0 Å². The van der Waals surface area contributed by atoms with Crippen LogP contribution < -0.4 is 21.3 Å². The van der Waals surface area contributed by atoms with Gasteiger partial charge in [-0.25, -0.2) is 0 Å². The standard InChI is InChI=1S/C21H30Cl2N6O3.C17H22Cl2N6O3.ClH/c1-21(2,3)32-12-14(31)10-28-7-8-29(13(9-28)11-30)20-25-19(24)18(26-27-20)15-5-4-6-16(22)17(15)23;18-13-3-1-2-12(14(13)19)15-16(20)21-17(23-22-15)25-5-4-24(6-10(25)8-26)7-11(28)9-27;/h4-6,13-14,30-31H,7-12H2,1-3H3,(H2,24,25,27);1-3,10-11,26-28H,4-9H2,(H2,20,21,23);1H/t13-,14?;10-,11?;/m00./s1. The largest absolute Gasteiger partial charge is 0.394 e. The zero-order valence-electron chi connectivity index (χ0n) is 34.0. The summed E-state index contributed by atoms with van der Waals surface area (Å²) < 4.78 is 5.66. The number of hydrogen-bond acceptors (Lipinski definition) is 18. The molecule has 0 bridgehead atoms. The van der Waals surface area contributed by atoms with Gasteiger partial charge in [0.25, 0.3) is 0 Å². The van der Waals surface area contributed by atoms with Crippen molar-refractivity contribution in [3.8, 4) is 22.5 Å². The van der Waals surface area contributed by atoms with Crippen molar-refractivity contribution >= 4 is 82.3 Å². The van der Waals surface area contributed by atoms with E-state index in [0.717, 1.165) is 0 Å². The third-order valence-corrected chi connectivity index (χ3v) is 11.4. The van der Waals surface area contributed by atoms with Gasteiger partial charge < -0.3 is 51.5 Å². The number of nitrogens with two attached hydrogens (primary N) is 2. The minimum absolute atomic E-state index is 0. The maximum atomic E-state index is 10.3. The molecule has 0 aliphatic carbocycles. The Bertz CT molecular complexity index is 2040. The molecule has 6 rings (SSSR count). The van der Waals surface area contributed by atoms with Crippen LogP contribution in [0.25, 0.3) is 22.5 Å². The van der Waals surface area contributed by atoms with Gasteiger partial charge in [0.2, 0.25) is 11.9 Å². The van der Waals surface area contributed by atoms with Gasteiger partial charge in [-0.2, -0.15) is 9.97 Å². The number of aliphatic hydroxyl groups excluding tert-OH is 5. The molecule has 336 valence electrons. The molecule has 0 spiro atoms. The van der Waals surface area contributed by atoms with E-state index in [0.29, 0.717) is 107 Å². The molecule has 2 saturated heterocycles. The molecule has 0 radical (unpaired) electrons. The normalized spacial score (nSPS) is 18.6. The highest BCUT2D eigenvalue weighted by molar-refractivity contribution is 6.44. The fraction of sp³-hybridized carbons (Fsp3) is 0.526. The van der Waals surface area contributed by atoms with Crippen molar-refractivity contribution in [1.29, 1.82) is 0 Å². The molecule has 0 saturated carbocycles. The van der Waals surface area contributed by atoms with Crippen LogP contribution in [0.1, 0.15) is 20.8 Å². The number of aliphatic hydroxyl groups is 5. The summed E-state index contributed by atoms with van der Waals surface area (Å²) in [5.74, 6) is 0.970. The van der Waals surface area contributed by atoms with Gasteiger partial charge in [0.05, 0.1) is 76.4 Å². The molecule has 18 nitrogen and oxygen atoms in total. The van der Waals surface area contributed by atoms with E-state index >= 15 is 0 Å². The Labute approximate surface area is 380 Å².